The Morgan fingerprint density at radius 2 is 1.63 bits per heavy atom. The molecular formula is C22H33FN4. The van der Waals surface area contributed by atoms with Crippen LogP contribution in [-0.2, 0) is 6.54 Å². The quantitative estimate of drug-likeness (QED) is 0.539. The van der Waals surface area contributed by atoms with Crippen molar-refractivity contribution in [3.63, 3.8) is 0 Å². The summed E-state index contributed by atoms with van der Waals surface area (Å²) in [5.74, 6) is 0.756. The molecule has 2 rings (SSSR count). The number of hydrogen-bond donors (Lipinski definition) is 1. The molecule has 27 heavy (non-hydrogen) atoms. The molecule has 0 bridgehead atoms. The summed E-state index contributed by atoms with van der Waals surface area (Å²) in [5.41, 5.74) is 6.62. The Hall–Kier alpha value is -1.98. The van der Waals surface area contributed by atoms with E-state index in [4.69, 9.17) is 5.73 Å². The molecule has 0 amide bonds. The van der Waals surface area contributed by atoms with Crippen LogP contribution in [0.15, 0.2) is 48.7 Å². The minimum Gasteiger partial charge on any atom is -0.351 e. The summed E-state index contributed by atoms with van der Waals surface area (Å²) in [6.07, 6.45) is 7.96. The van der Waals surface area contributed by atoms with Gasteiger partial charge in [-0.1, -0.05) is 37.5 Å². The van der Waals surface area contributed by atoms with Crippen LogP contribution in [-0.4, -0.2) is 43.1 Å². The fraction of sp³-hybridized carbons (Fsp3) is 0.500. The van der Waals surface area contributed by atoms with Gasteiger partial charge in [-0.2, -0.15) is 0 Å². The van der Waals surface area contributed by atoms with Crippen molar-refractivity contribution in [2.24, 2.45) is 5.73 Å². The van der Waals surface area contributed by atoms with Gasteiger partial charge in [-0.15, -0.1) is 0 Å². The number of likely N-dealkylation sites (N-methyl/N-ethyl adjacent to an activating group) is 1. The van der Waals surface area contributed by atoms with Crippen LogP contribution >= 0.6 is 0 Å². The lowest BCUT2D eigenvalue weighted by Gasteiger charge is -2.27. The summed E-state index contributed by atoms with van der Waals surface area (Å²) in [5, 5.41) is 0. The molecule has 0 aliphatic carbocycles. The largest absolute Gasteiger partial charge is 0.351 e. The van der Waals surface area contributed by atoms with E-state index in [1.807, 2.05) is 36.5 Å². The molecule has 4 nitrogen and oxygen atoms in total. The topological polar surface area (TPSA) is 45.4 Å². The Labute approximate surface area is 163 Å². The number of nitrogens with zero attached hydrogens (tertiary/aromatic N) is 3. The molecule has 1 aromatic heterocycles. The summed E-state index contributed by atoms with van der Waals surface area (Å²) in [6, 6.07) is 12.7. The molecule has 5 heteroatoms. The van der Waals surface area contributed by atoms with Crippen LogP contribution in [0.5, 0.6) is 0 Å². The van der Waals surface area contributed by atoms with Gasteiger partial charge >= 0.3 is 0 Å². The molecule has 0 atom stereocenters. The molecule has 0 aliphatic rings. The van der Waals surface area contributed by atoms with Crippen LogP contribution in [0.25, 0.3) is 0 Å². The highest BCUT2D eigenvalue weighted by atomic mass is 19.1. The van der Waals surface area contributed by atoms with Crippen LogP contribution in [0, 0.1) is 5.82 Å². The van der Waals surface area contributed by atoms with Gasteiger partial charge in [0.2, 0.25) is 0 Å². The summed E-state index contributed by atoms with van der Waals surface area (Å²) in [7, 11) is 2.17. The standard InChI is InChI=1S/C22H33FN4/c1-26(16-8-4-2-3-6-14-24)17-18-27(22-9-5-7-15-25-22)19-20-10-12-21(23)13-11-20/h5,7,9-13,15H,2-4,6,8,14,16-19,24H2,1H3. The summed E-state index contributed by atoms with van der Waals surface area (Å²) in [4.78, 5) is 9.13. The molecular weight excluding hydrogens is 339 g/mol. The number of nitrogens with two attached hydrogens (primary N) is 1. The van der Waals surface area contributed by atoms with Gasteiger partial charge < -0.3 is 15.5 Å². The lowest BCUT2D eigenvalue weighted by Crippen LogP contribution is -2.34. The van der Waals surface area contributed by atoms with Crippen molar-refractivity contribution in [2.45, 2.75) is 38.6 Å². The van der Waals surface area contributed by atoms with Crippen LogP contribution in [0.1, 0.15) is 37.7 Å². The SMILES string of the molecule is CN(CCCCCCCN)CCN(Cc1ccc(F)cc1)c1ccccn1. The van der Waals surface area contributed by atoms with E-state index in [2.05, 4.69) is 21.8 Å². The van der Waals surface area contributed by atoms with Gasteiger partial charge in [-0.25, -0.2) is 9.37 Å². The highest BCUT2D eigenvalue weighted by Gasteiger charge is 2.10. The van der Waals surface area contributed by atoms with Crippen LogP contribution in [0.3, 0.4) is 0 Å². The fourth-order valence-electron chi connectivity index (χ4n) is 3.09. The molecule has 0 spiro atoms. The van der Waals surface area contributed by atoms with Crippen molar-refractivity contribution in [3.8, 4) is 0 Å². The van der Waals surface area contributed by atoms with Crippen molar-refractivity contribution in [1.82, 2.24) is 9.88 Å². The van der Waals surface area contributed by atoms with Gasteiger partial charge in [-0.05, 0) is 62.8 Å². The maximum absolute atomic E-state index is 13.2. The van der Waals surface area contributed by atoms with Crippen LogP contribution in [0.4, 0.5) is 10.2 Å². The number of anilines is 1. The molecule has 148 valence electrons. The van der Waals surface area contributed by atoms with Crippen molar-refractivity contribution >= 4 is 5.82 Å². The number of pyridine rings is 1. The van der Waals surface area contributed by atoms with Crippen molar-refractivity contribution in [2.75, 3.05) is 38.1 Å². The number of rotatable bonds is 13. The molecule has 2 aromatic rings. The van der Waals surface area contributed by atoms with E-state index in [0.717, 1.165) is 50.5 Å². The maximum Gasteiger partial charge on any atom is 0.128 e. The van der Waals surface area contributed by atoms with E-state index in [0.29, 0.717) is 0 Å². The monoisotopic (exact) mass is 372 g/mol. The summed E-state index contributed by atoms with van der Waals surface area (Å²) in [6.45, 7) is 4.50. The average Bonchev–Trinajstić information content (AvgIpc) is 2.70. The first-order chi connectivity index (χ1) is 13.2. The number of halogens is 1. The normalized spacial score (nSPS) is 11.1. The first-order valence-corrected chi connectivity index (χ1v) is 9.98. The van der Waals surface area contributed by atoms with E-state index < -0.39 is 0 Å². The third-order valence-corrected chi connectivity index (χ3v) is 4.76. The second kappa shape index (κ2) is 12.4. The van der Waals surface area contributed by atoms with Gasteiger partial charge in [-0.3, -0.25) is 0 Å². The van der Waals surface area contributed by atoms with E-state index >= 15 is 0 Å². The predicted molar refractivity (Wildman–Crippen MR) is 111 cm³/mol. The summed E-state index contributed by atoms with van der Waals surface area (Å²) < 4.78 is 13.2. The minimum absolute atomic E-state index is 0.200. The molecule has 0 unspecified atom stereocenters. The molecule has 1 heterocycles. The molecule has 0 fully saturated rings. The lowest BCUT2D eigenvalue weighted by molar-refractivity contribution is 0.328. The molecule has 2 N–H and O–H groups in total. The number of benzene rings is 1. The Bertz CT molecular complexity index is 618. The van der Waals surface area contributed by atoms with E-state index in [-0.39, 0.29) is 5.82 Å². The second-order valence-corrected chi connectivity index (χ2v) is 7.10. The third kappa shape index (κ3) is 8.50. The van der Waals surface area contributed by atoms with Gasteiger partial charge in [0, 0.05) is 25.8 Å². The van der Waals surface area contributed by atoms with Gasteiger partial charge in [0.1, 0.15) is 11.6 Å². The Morgan fingerprint density at radius 1 is 0.889 bits per heavy atom. The number of hydrogen-bond acceptors (Lipinski definition) is 4. The predicted octanol–water partition coefficient (Wildman–Crippen LogP) is 4.07. The van der Waals surface area contributed by atoms with Gasteiger partial charge in [0.15, 0.2) is 0 Å². The zero-order valence-corrected chi connectivity index (χ0v) is 16.5. The second-order valence-electron chi connectivity index (χ2n) is 7.10. The van der Waals surface area contributed by atoms with Crippen LogP contribution < -0.4 is 10.6 Å². The molecule has 0 radical (unpaired) electrons. The lowest BCUT2D eigenvalue weighted by atomic mass is 10.1. The smallest absolute Gasteiger partial charge is 0.128 e. The Kier molecular flexibility index (Phi) is 9.80. The number of unbranched alkanes of at least 4 members (excludes halogenated alkanes) is 4. The minimum atomic E-state index is -0.200. The molecule has 0 aliphatic heterocycles. The van der Waals surface area contributed by atoms with Gasteiger partial charge in [0.25, 0.3) is 0 Å². The first-order valence-electron chi connectivity index (χ1n) is 9.98. The highest BCUT2D eigenvalue weighted by Crippen LogP contribution is 2.14. The van der Waals surface area contributed by atoms with Crippen LogP contribution in [0.2, 0.25) is 0 Å². The third-order valence-electron chi connectivity index (χ3n) is 4.76. The van der Waals surface area contributed by atoms with Gasteiger partial charge in [0.05, 0.1) is 0 Å². The average molecular weight is 373 g/mol. The molecule has 0 saturated heterocycles. The zero-order valence-electron chi connectivity index (χ0n) is 16.5. The van der Waals surface area contributed by atoms with Crippen molar-refractivity contribution in [3.05, 3.63) is 60.0 Å². The zero-order chi connectivity index (χ0) is 19.3. The maximum atomic E-state index is 13.2. The van der Waals surface area contributed by atoms with Crippen molar-refractivity contribution < 1.29 is 4.39 Å². The molecule has 0 saturated carbocycles. The van der Waals surface area contributed by atoms with E-state index in [1.165, 1.54) is 37.8 Å². The Balaban J connectivity index is 1.82. The van der Waals surface area contributed by atoms with E-state index in [1.54, 1.807) is 0 Å². The fourth-order valence-corrected chi connectivity index (χ4v) is 3.09. The molecule has 1 aromatic carbocycles. The number of aromatic nitrogens is 1. The first kappa shape index (κ1) is 21.3. The van der Waals surface area contributed by atoms with Crippen molar-refractivity contribution in [1.29, 1.82) is 0 Å². The highest BCUT2D eigenvalue weighted by molar-refractivity contribution is 5.39. The summed E-state index contributed by atoms with van der Waals surface area (Å²) >= 11 is 0. The van der Waals surface area contributed by atoms with E-state index in [9.17, 15) is 4.39 Å². The Morgan fingerprint density at radius 3 is 2.33 bits per heavy atom.